The maximum atomic E-state index is 13.2. The van der Waals surface area contributed by atoms with E-state index in [-0.39, 0.29) is 28.4 Å². The van der Waals surface area contributed by atoms with Gasteiger partial charge in [-0.3, -0.25) is 14.2 Å². The van der Waals surface area contributed by atoms with Gasteiger partial charge in [0.05, 0.1) is 15.8 Å². The average molecular weight is 481 g/mol. The highest BCUT2D eigenvalue weighted by Gasteiger charge is 2.35. The van der Waals surface area contributed by atoms with Crippen LogP contribution in [0, 0.1) is 0 Å². The number of piperidine rings is 1. The molecule has 1 aromatic heterocycles. The lowest BCUT2D eigenvalue weighted by molar-refractivity contribution is 0.102. The summed E-state index contributed by atoms with van der Waals surface area (Å²) in [5.41, 5.74) is 1.32. The molecule has 0 spiro atoms. The van der Waals surface area contributed by atoms with E-state index in [1.165, 1.54) is 12.1 Å². The zero-order chi connectivity index (χ0) is 24.0. The number of sulfonamides is 1. The molecule has 2 aliphatic heterocycles. The number of rotatable bonds is 4. The fraction of sp³-hybridized carbons (Fsp3) is 0.400. The Balaban J connectivity index is 1.36. The first-order valence-electron chi connectivity index (χ1n) is 11.7. The zero-order valence-electron chi connectivity index (χ0n) is 19.3. The molecule has 1 amide bonds. The average Bonchev–Trinajstić information content (AvgIpc) is 3.28. The quantitative estimate of drug-likeness (QED) is 0.615. The van der Waals surface area contributed by atoms with Crippen molar-refractivity contribution in [3.63, 3.8) is 0 Å². The number of amides is 1. The van der Waals surface area contributed by atoms with E-state index in [4.69, 9.17) is 0 Å². The molecule has 34 heavy (non-hydrogen) atoms. The molecule has 1 N–H and O–H groups in total. The van der Waals surface area contributed by atoms with Crippen LogP contribution in [0.5, 0.6) is 0 Å². The van der Waals surface area contributed by atoms with Gasteiger partial charge in [-0.2, -0.15) is 4.31 Å². The number of nitrogens with zero attached hydrogens (tertiary/aromatic N) is 3. The van der Waals surface area contributed by atoms with E-state index < -0.39 is 10.0 Å². The van der Waals surface area contributed by atoms with Crippen LogP contribution in [-0.4, -0.2) is 40.3 Å². The summed E-state index contributed by atoms with van der Waals surface area (Å²) >= 11 is 0. The van der Waals surface area contributed by atoms with Crippen LogP contribution < -0.4 is 10.9 Å². The summed E-state index contributed by atoms with van der Waals surface area (Å²) < 4.78 is 29.7. The summed E-state index contributed by atoms with van der Waals surface area (Å²) in [5, 5.41) is 3.31. The summed E-state index contributed by atoms with van der Waals surface area (Å²) in [6, 6.07) is 11.1. The molecule has 0 saturated carbocycles. The number of aryl methyl sites for hydroxylation is 1. The van der Waals surface area contributed by atoms with Gasteiger partial charge in [0, 0.05) is 36.3 Å². The Kier molecular flexibility index (Phi) is 5.77. The van der Waals surface area contributed by atoms with Crippen LogP contribution in [0.25, 0.3) is 10.9 Å². The molecule has 2 aromatic carbocycles. The Morgan fingerprint density at radius 2 is 1.74 bits per heavy atom. The maximum Gasteiger partial charge on any atom is 0.261 e. The summed E-state index contributed by atoms with van der Waals surface area (Å²) in [4.78, 5) is 30.3. The van der Waals surface area contributed by atoms with Crippen LogP contribution in [0.15, 0.2) is 52.2 Å². The van der Waals surface area contributed by atoms with Crippen LogP contribution in [-0.2, 0) is 23.0 Å². The number of carbonyl (C=O) groups is 1. The molecule has 178 valence electrons. The third-order valence-corrected chi connectivity index (χ3v) is 9.02. The second-order valence-corrected chi connectivity index (χ2v) is 11.1. The van der Waals surface area contributed by atoms with Crippen LogP contribution in [0.3, 0.4) is 0 Å². The SMILES string of the molecule is C[C@@H]1CCC[C@@H](C)N1S(=O)(=O)c1ccc(NC(=O)c2ccc3c(=O)n4c(nc3c2)CCC4)cc1. The molecule has 8 nitrogen and oxygen atoms in total. The van der Waals surface area contributed by atoms with E-state index in [1.807, 2.05) is 13.8 Å². The number of fused-ring (bicyclic) bond motifs is 2. The largest absolute Gasteiger partial charge is 0.322 e. The third kappa shape index (κ3) is 3.92. The fourth-order valence-corrected chi connectivity index (χ4v) is 7.01. The Morgan fingerprint density at radius 3 is 2.44 bits per heavy atom. The highest BCUT2D eigenvalue weighted by atomic mass is 32.2. The van der Waals surface area contributed by atoms with E-state index >= 15 is 0 Å². The summed E-state index contributed by atoms with van der Waals surface area (Å²) in [7, 11) is -3.61. The Labute approximate surface area is 198 Å². The van der Waals surface area contributed by atoms with Crippen LogP contribution in [0.4, 0.5) is 5.69 Å². The Hall–Kier alpha value is -3.04. The highest BCUT2D eigenvalue weighted by Crippen LogP contribution is 2.30. The first-order chi connectivity index (χ1) is 16.3. The standard InChI is InChI=1S/C25H28N4O4S/c1-16-5-3-6-17(2)29(16)34(32,33)20-11-9-19(10-12-20)26-24(30)18-8-13-21-22(15-18)27-23-7-4-14-28(23)25(21)31/h8-13,15-17H,3-7,14H2,1-2H3,(H,26,30)/t16-,17-/m1/s1. The van der Waals surface area contributed by atoms with Gasteiger partial charge in [-0.1, -0.05) is 6.42 Å². The number of anilines is 1. The van der Waals surface area contributed by atoms with Crippen molar-refractivity contribution in [2.75, 3.05) is 5.32 Å². The first kappa shape index (κ1) is 22.7. The van der Waals surface area contributed by atoms with Gasteiger partial charge in [0.25, 0.3) is 11.5 Å². The fourth-order valence-electron chi connectivity index (χ4n) is 5.13. The van der Waals surface area contributed by atoms with Crippen molar-refractivity contribution in [2.24, 2.45) is 0 Å². The van der Waals surface area contributed by atoms with Crippen molar-refractivity contribution in [2.45, 2.75) is 69.5 Å². The molecule has 2 atom stereocenters. The molecule has 1 fully saturated rings. The van der Waals surface area contributed by atoms with Crippen molar-refractivity contribution in [3.05, 3.63) is 64.2 Å². The van der Waals surface area contributed by atoms with E-state index in [0.29, 0.717) is 28.7 Å². The van der Waals surface area contributed by atoms with Crippen molar-refractivity contribution in [1.82, 2.24) is 13.9 Å². The second kappa shape index (κ2) is 8.63. The normalized spacial score (nSPS) is 20.9. The molecule has 0 bridgehead atoms. The van der Waals surface area contributed by atoms with E-state index in [1.54, 1.807) is 39.2 Å². The number of carbonyl (C=O) groups excluding carboxylic acids is 1. The molecule has 5 rings (SSSR count). The van der Waals surface area contributed by atoms with Crippen molar-refractivity contribution in [3.8, 4) is 0 Å². The summed E-state index contributed by atoms with van der Waals surface area (Å²) in [6.07, 6.45) is 4.39. The molecule has 9 heteroatoms. The number of hydrogen-bond acceptors (Lipinski definition) is 5. The minimum Gasteiger partial charge on any atom is -0.322 e. The predicted molar refractivity (Wildman–Crippen MR) is 131 cm³/mol. The van der Waals surface area contributed by atoms with Crippen molar-refractivity contribution in [1.29, 1.82) is 0 Å². The monoisotopic (exact) mass is 480 g/mol. The smallest absolute Gasteiger partial charge is 0.261 e. The van der Waals surface area contributed by atoms with Crippen LogP contribution in [0.1, 0.15) is 55.7 Å². The first-order valence-corrected chi connectivity index (χ1v) is 13.2. The predicted octanol–water partition coefficient (Wildman–Crippen LogP) is 3.55. The van der Waals surface area contributed by atoms with Crippen molar-refractivity contribution >= 4 is 32.5 Å². The van der Waals surface area contributed by atoms with E-state index in [9.17, 15) is 18.0 Å². The minimum absolute atomic E-state index is 0.0380. The van der Waals surface area contributed by atoms with Gasteiger partial charge in [0.1, 0.15) is 5.82 Å². The van der Waals surface area contributed by atoms with Gasteiger partial charge >= 0.3 is 0 Å². The van der Waals surface area contributed by atoms with Gasteiger partial charge in [-0.25, -0.2) is 13.4 Å². The van der Waals surface area contributed by atoms with Gasteiger partial charge in [-0.15, -0.1) is 0 Å². The molecule has 2 aliphatic rings. The lowest BCUT2D eigenvalue weighted by Gasteiger charge is -2.37. The summed E-state index contributed by atoms with van der Waals surface area (Å²) in [6.45, 7) is 4.58. The molecule has 0 aliphatic carbocycles. The van der Waals surface area contributed by atoms with Gasteiger partial charge in [0.15, 0.2) is 0 Å². The van der Waals surface area contributed by atoms with Gasteiger partial charge in [-0.05, 0) is 75.6 Å². The molecular weight excluding hydrogens is 452 g/mol. The molecular formula is C25H28N4O4S. The van der Waals surface area contributed by atoms with Crippen LogP contribution >= 0.6 is 0 Å². The minimum atomic E-state index is -3.61. The topological polar surface area (TPSA) is 101 Å². The lowest BCUT2D eigenvalue weighted by atomic mass is 10.0. The third-order valence-electron chi connectivity index (χ3n) is 6.88. The van der Waals surface area contributed by atoms with Crippen LogP contribution in [0.2, 0.25) is 0 Å². The Bertz CT molecular complexity index is 1420. The molecule has 0 radical (unpaired) electrons. The van der Waals surface area contributed by atoms with Gasteiger partial charge in [0.2, 0.25) is 10.0 Å². The number of aromatic nitrogens is 2. The highest BCUT2D eigenvalue weighted by molar-refractivity contribution is 7.89. The second-order valence-electron chi connectivity index (χ2n) is 9.26. The number of hydrogen-bond donors (Lipinski definition) is 1. The van der Waals surface area contributed by atoms with Crippen molar-refractivity contribution < 1.29 is 13.2 Å². The zero-order valence-corrected chi connectivity index (χ0v) is 20.1. The number of benzene rings is 2. The van der Waals surface area contributed by atoms with E-state index in [2.05, 4.69) is 10.3 Å². The number of nitrogens with one attached hydrogen (secondary N) is 1. The molecule has 1 saturated heterocycles. The maximum absolute atomic E-state index is 13.2. The summed E-state index contributed by atoms with van der Waals surface area (Å²) in [5.74, 6) is 0.405. The lowest BCUT2D eigenvalue weighted by Crippen LogP contribution is -2.47. The van der Waals surface area contributed by atoms with E-state index in [0.717, 1.165) is 37.9 Å². The molecule has 3 heterocycles. The van der Waals surface area contributed by atoms with Gasteiger partial charge < -0.3 is 5.32 Å². The molecule has 3 aromatic rings. The Morgan fingerprint density at radius 1 is 1.03 bits per heavy atom. The molecule has 0 unspecified atom stereocenters.